The predicted molar refractivity (Wildman–Crippen MR) is 93.1 cm³/mol. The van der Waals surface area contributed by atoms with Gasteiger partial charge >= 0.3 is 0 Å². The molecule has 0 atom stereocenters. The number of nitrogens with zero attached hydrogens (tertiary/aromatic N) is 2. The highest BCUT2D eigenvalue weighted by Gasteiger charge is 2.38. The van der Waals surface area contributed by atoms with Crippen LogP contribution in [0.4, 0.5) is 0 Å². The van der Waals surface area contributed by atoms with E-state index in [1.165, 1.54) is 25.7 Å². The van der Waals surface area contributed by atoms with Gasteiger partial charge in [0.05, 0.1) is 36.0 Å². The van der Waals surface area contributed by atoms with Gasteiger partial charge in [0.15, 0.2) is 0 Å². The van der Waals surface area contributed by atoms with Gasteiger partial charge < -0.3 is 9.64 Å². The van der Waals surface area contributed by atoms with Crippen molar-refractivity contribution >= 4 is 16.8 Å². The average Bonchev–Trinajstić information content (AvgIpc) is 2.94. The molecule has 1 aliphatic heterocycles. The molecule has 24 heavy (non-hydrogen) atoms. The van der Waals surface area contributed by atoms with E-state index in [0.29, 0.717) is 13.2 Å². The van der Waals surface area contributed by atoms with E-state index in [1.54, 1.807) is 6.20 Å². The Bertz CT molecular complexity index is 744. The van der Waals surface area contributed by atoms with Crippen LogP contribution in [0.3, 0.4) is 0 Å². The van der Waals surface area contributed by atoms with Crippen molar-refractivity contribution in [3.05, 3.63) is 29.5 Å². The minimum atomic E-state index is -0.124. The maximum absolute atomic E-state index is 13.2. The molecule has 0 radical (unpaired) electrons. The third kappa shape index (κ3) is 2.81. The Morgan fingerprint density at radius 1 is 1.25 bits per heavy atom. The van der Waals surface area contributed by atoms with E-state index >= 15 is 0 Å². The topological polar surface area (TPSA) is 58.2 Å². The molecular weight excluding hydrogens is 302 g/mol. The number of carbonyl (C=O) groups is 1. The maximum atomic E-state index is 13.2. The van der Waals surface area contributed by atoms with E-state index in [-0.39, 0.29) is 11.5 Å². The molecule has 1 saturated carbocycles. The minimum Gasteiger partial charge on any atom is -0.371 e. The maximum Gasteiger partial charge on any atom is 0.256 e. The minimum absolute atomic E-state index is 0.0971. The van der Waals surface area contributed by atoms with Crippen molar-refractivity contribution in [3.63, 3.8) is 0 Å². The monoisotopic (exact) mass is 327 g/mol. The third-order valence-corrected chi connectivity index (χ3v) is 5.47. The largest absolute Gasteiger partial charge is 0.371 e. The van der Waals surface area contributed by atoms with Crippen molar-refractivity contribution in [3.8, 4) is 0 Å². The van der Waals surface area contributed by atoms with Crippen LogP contribution in [-0.2, 0) is 4.74 Å². The van der Waals surface area contributed by atoms with Gasteiger partial charge in [-0.2, -0.15) is 5.10 Å². The first kappa shape index (κ1) is 15.6. The summed E-state index contributed by atoms with van der Waals surface area (Å²) in [6, 6.07) is 4.03. The van der Waals surface area contributed by atoms with Crippen LogP contribution in [0.15, 0.2) is 18.3 Å². The van der Waals surface area contributed by atoms with Crippen LogP contribution in [0, 0.1) is 6.92 Å². The van der Waals surface area contributed by atoms with Gasteiger partial charge in [0, 0.05) is 11.9 Å². The number of carbonyl (C=O) groups excluding carboxylic acids is 1. The standard InChI is InChI=1S/C19H25N3O2/c1-14-10-15-12-20-21-17(15)16(11-14)18(23)22-8-9-24-19(13-22)6-4-2-3-5-7-19/h10-12H,2-9,13H2,1H3,(H,20,21). The van der Waals surface area contributed by atoms with Crippen LogP contribution in [0.2, 0.25) is 0 Å². The van der Waals surface area contributed by atoms with Crippen LogP contribution >= 0.6 is 0 Å². The summed E-state index contributed by atoms with van der Waals surface area (Å²) < 4.78 is 6.18. The number of aromatic amines is 1. The quantitative estimate of drug-likeness (QED) is 0.873. The van der Waals surface area contributed by atoms with Crippen LogP contribution in [0.1, 0.15) is 54.4 Å². The summed E-state index contributed by atoms with van der Waals surface area (Å²) in [6.45, 7) is 4.05. The number of H-pyrrole nitrogens is 1. The van der Waals surface area contributed by atoms with E-state index in [2.05, 4.69) is 16.3 Å². The van der Waals surface area contributed by atoms with Gasteiger partial charge in [0.1, 0.15) is 0 Å². The second kappa shape index (κ2) is 6.20. The Kier molecular flexibility index (Phi) is 4.04. The number of aryl methyl sites for hydroxylation is 1. The van der Waals surface area contributed by atoms with Crippen LogP contribution < -0.4 is 0 Å². The highest BCUT2D eigenvalue weighted by Crippen LogP contribution is 2.34. The number of rotatable bonds is 1. The Labute approximate surface area is 142 Å². The Balaban J connectivity index is 1.62. The third-order valence-electron chi connectivity index (χ3n) is 5.47. The molecule has 0 unspecified atom stereocenters. The number of hydrogen-bond donors (Lipinski definition) is 1. The molecule has 1 N–H and O–H groups in total. The Morgan fingerprint density at radius 3 is 2.83 bits per heavy atom. The molecule has 1 aromatic carbocycles. The molecule has 1 aromatic heterocycles. The van der Waals surface area contributed by atoms with Gasteiger partial charge in [0.25, 0.3) is 5.91 Å². The highest BCUT2D eigenvalue weighted by molar-refractivity contribution is 6.05. The molecule has 2 heterocycles. The highest BCUT2D eigenvalue weighted by atomic mass is 16.5. The number of fused-ring (bicyclic) bond motifs is 1. The van der Waals surface area contributed by atoms with E-state index in [4.69, 9.17) is 4.74 Å². The molecule has 0 bridgehead atoms. The van der Waals surface area contributed by atoms with Crippen LogP contribution in [0.25, 0.3) is 10.9 Å². The van der Waals surface area contributed by atoms with E-state index in [0.717, 1.165) is 41.4 Å². The second-order valence-electron chi connectivity index (χ2n) is 7.32. The number of hydrogen-bond acceptors (Lipinski definition) is 3. The number of aromatic nitrogens is 2. The van der Waals surface area contributed by atoms with Crippen molar-refractivity contribution in [2.24, 2.45) is 0 Å². The summed E-state index contributed by atoms with van der Waals surface area (Å²) in [5, 5.41) is 8.09. The lowest BCUT2D eigenvalue weighted by molar-refractivity contribution is -0.107. The van der Waals surface area contributed by atoms with Crippen LogP contribution in [0.5, 0.6) is 0 Å². The first-order chi connectivity index (χ1) is 11.7. The molecular formula is C19H25N3O2. The molecule has 1 amide bonds. The smallest absolute Gasteiger partial charge is 0.256 e. The predicted octanol–water partition coefficient (Wildman–Crippen LogP) is 3.44. The average molecular weight is 327 g/mol. The molecule has 1 saturated heterocycles. The van der Waals surface area contributed by atoms with Gasteiger partial charge in [-0.15, -0.1) is 0 Å². The zero-order chi connectivity index (χ0) is 16.6. The molecule has 4 rings (SSSR count). The zero-order valence-electron chi connectivity index (χ0n) is 14.3. The van der Waals surface area contributed by atoms with Crippen molar-refractivity contribution < 1.29 is 9.53 Å². The zero-order valence-corrected chi connectivity index (χ0v) is 14.3. The fourth-order valence-corrected chi connectivity index (χ4v) is 4.24. The van der Waals surface area contributed by atoms with Gasteiger partial charge in [0.2, 0.25) is 0 Å². The Hall–Kier alpha value is -1.88. The SMILES string of the molecule is Cc1cc(C(=O)N2CCOC3(CCCCCC3)C2)c2[nH]ncc2c1. The lowest BCUT2D eigenvalue weighted by atomic mass is 9.91. The summed E-state index contributed by atoms with van der Waals surface area (Å²) >= 11 is 0. The normalized spacial score (nSPS) is 21.1. The fraction of sp³-hybridized carbons (Fsp3) is 0.579. The summed E-state index contributed by atoms with van der Waals surface area (Å²) in [7, 11) is 0. The molecule has 1 aliphatic carbocycles. The fourth-order valence-electron chi connectivity index (χ4n) is 4.24. The number of morpholine rings is 1. The molecule has 128 valence electrons. The summed E-state index contributed by atoms with van der Waals surface area (Å²) in [5.74, 6) is 0.0971. The number of nitrogens with one attached hydrogen (secondary N) is 1. The van der Waals surface area contributed by atoms with E-state index in [9.17, 15) is 4.79 Å². The van der Waals surface area contributed by atoms with Gasteiger partial charge in [-0.05, 0) is 37.5 Å². The van der Waals surface area contributed by atoms with Crippen molar-refractivity contribution in [2.75, 3.05) is 19.7 Å². The lowest BCUT2D eigenvalue weighted by Gasteiger charge is -2.42. The molecule has 1 spiro atoms. The van der Waals surface area contributed by atoms with Gasteiger partial charge in [-0.1, -0.05) is 25.7 Å². The lowest BCUT2D eigenvalue weighted by Crippen LogP contribution is -2.53. The van der Waals surface area contributed by atoms with Crippen molar-refractivity contribution in [1.82, 2.24) is 15.1 Å². The van der Waals surface area contributed by atoms with Crippen molar-refractivity contribution in [1.29, 1.82) is 0 Å². The Morgan fingerprint density at radius 2 is 2.04 bits per heavy atom. The molecule has 5 nitrogen and oxygen atoms in total. The molecule has 2 aromatic rings. The van der Waals surface area contributed by atoms with E-state index < -0.39 is 0 Å². The number of benzene rings is 1. The molecule has 5 heteroatoms. The summed E-state index contributed by atoms with van der Waals surface area (Å²) in [4.78, 5) is 15.2. The van der Waals surface area contributed by atoms with Gasteiger partial charge in [-0.3, -0.25) is 9.89 Å². The van der Waals surface area contributed by atoms with Crippen LogP contribution in [-0.4, -0.2) is 46.3 Å². The van der Waals surface area contributed by atoms with E-state index in [1.807, 2.05) is 17.9 Å². The second-order valence-corrected chi connectivity index (χ2v) is 7.32. The first-order valence-corrected chi connectivity index (χ1v) is 9.04. The summed E-state index contributed by atoms with van der Waals surface area (Å²) in [5.41, 5.74) is 2.53. The molecule has 2 aliphatic rings. The number of amides is 1. The molecule has 2 fully saturated rings. The summed E-state index contributed by atoms with van der Waals surface area (Å²) in [6.07, 6.45) is 8.91. The van der Waals surface area contributed by atoms with Crippen molar-refractivity contribution in [2.45, 2.75) is 51.0 Å². The first-order valence-electron chi connectivity index (χ1n) is 9.04. The van der Waals surface area contributed by atoms with Gasteiger partial charge in [-0.25, -0.2) is 0 Å². The number of ether oxygens (including phenoxy) is 1.